The van der Waals surface area contributed by atoms with E-state index in [0.29, 0.717) is 6.04 Å². The average molecular weight is 256 g/mol. The summed E-state index contributed by atoms with van der Waals surface area (Å²) in [5.74, 6) is 1.70. The molecule has 0 saturated heterocycles. The van der Waals surface area contributed by atoms with Crippen LogP contribution >= 0.6 is 0 Å². The van der Waals surface area contributed by atoms with Crippen molar-refractivity contribution in [2.45, 2.75) is 38.6 Å². The van der Waals surface area contributed by atoms with Gasteiger partial charge in [-0.25, -0.2) is 9.67 Å². The maximum Gasteiger partial charge on any atom is 0.176 e. The quantitative estimate of drug-likeness (QED) is 0.916. The Bertz CT molecular complexity index is 521. The zero-order valence-corrected chi connectivity index (χ0v) is 11.3. The van der Waals surface area contributed by atoms with Crippen molar-refractivity contribution >= 4 is 5.69 Å². The molecule has 4 heteroatoms. The third-order valence-corrected chi connectivity index (χ3v) is 3.80. The van der Waals surface area contributed by atoms with E-state index < -0.39 is 0 Å². The van der Waals surface area contributed by atoms with Crippen LogP contribution in [0.25, 0.3) is 5.82 Å². The molecule has 1 N–H and O–H groups in total. The van der Waals surface area contributed by atoms with Gasteiger partial charge in [-0.05, 0) is 37.0 Å². The lowest BCUT2D eigenvalue weighted by Crippen LogP contribution is -2.26. The summed E-state index contributed by atoms with van der Waals surface area (Å²) >= 11 is 0. The third kappa shape index (κ3) is 2.78. The molecule has 1 aliphatic rings. The van der Waals surface area contributed by atoms with Crippen molar-refractivity contribution in [1.29, 1.82) is 0 Å². The monoisotopic (exact) mass is 256 g/mol. The van der Waals surface area contributed by atoms with Crippen LogP contribution in [0.15, 0.2) is 36.8 Å². The molecule has 1 saturated carbocycles. The average Bonchev–Trinajstić information content (AvgIpc) is 2.93. The van der Waals surface area contributed by atoms with E-state index in [1.165, 1.54) is 25.7 Å². The molecule has 0 spiro atoms. The lowest BCUT2D eigenvalue weighted by atomic mass is 9.87. The molecule has 0 aliphatic heterocycles. The SMILES string of the molecule is CC1CCCC(Nc2cccnc2-n2cccn2)C1. The minimum absolute atomic E-state index is 0.558. The van der Waals surface area contributed by atoms with Gasteiger partial charge in [-0.15, -0.1) is 0 Å². The topological polar surface area (TPSA) is 42.7 Å². The first-order valence-corrected chi connectivity index (χ1v) is 7.04. The van der Waals surface area contributed by atoms with Crippen molar-refractivity contribution in [3.8, 4) is 5.82 Å². The summed E-state index contributed by atoms with van der Waals surface area (Å²) in [6.45, 7) is 2.34. The van der Waals surface area contributed by atoms with Crippen LogP contribution in [0.3, 0.4) is 0 Å². The Labute approximate surface area is 113 Å². The highest BCUT2D eigenvalue weighted by atomic mass is 15.3. The first-order chi connectivity index (χ1) is 9.33. The molecule has 1 aliphatic carbocycles. The molecule has 2 heterocycles. The summed E-state index contributed by atoms with van der Waals surface area (Å²) < 4.78 is 1.81. The minimum atomic E-state index is 0.558. The molecule has 2 aromatic rings. The molecule has 19 heavy (non-hydrogen) atoms. The Balaban J connectivity index is 1.81. The molecular formula is C15H20N4. The molecule has 2 unspecified atom stereocenters. The summed E-state index contributed by atoms with van der Waals surface area (Å²) in [6.07, 6.45) is 10.7. The van der Waals surface area contributed by atoms with Crippen LogP contribution in [0, 0.1) is 5.92 Å². The van der Waals surface area contributed by atoms with Crippen molar-refractivity contribution in [3.63, 3.8) is 0 Å². The van der Waals surface area contributed by atoms with Gasteiger partial charge in [0.2, 0.25) is 0 Å². The number of pyridine rings is 1. The first-order valence-electron chi connectivity index (χ1n) is 7.04. The molecule has 4 nitrogen and oxygen atoms in total. The predicted molar refractivity (Wildman–Crippen MR) is 76.4 cm³/mol. The van der Waals surface area contributed by atoms with Crippen molar-refractivity contribution in [2.24, 2.45) is 5.92 Å². The minimum Gasteiger partial charge on any atom is -0.379 e. The fourth-order valence-corrected chi connectivity index (χ4v) is 2.87. The lowest BCUT2D eigenvalue weighted by molar-refractivity contribution is 0.358. The third-order valence-electron chi connectivity index (χ3n) is 3.80. The van der Waals surface area contributed by atoms with Crippen LogP contribution in [0.5, 0.6) is 0 Å². The Kier molecular flexibility index (Phi) is 3.49. The van der Waals surface area contributed by atoms with Crippen LogP contribution in [-0.4, -0.2) is 20.8 Å². The second-order valence-corrected chi connectivity index (χ2v) is 5.44. The zero-order chi connectivity index (χ0) is 13.1. The highest BCUT2D eigenvalue weighted by Gasteiger charge is 2.19. The van der Waals surface area contributed by atoms with Crippen LogP contribution in [-0.2, 0) is 0 Å². The van der Waals surface area contributed by atoms with Gasteiger partial charge in [0.25, 0.3) is 0 Å². The highest BCUT2D eigenvalue weighted by molar-refractivity contribution is 5.56. The maximum absolute atomic E-state index is 4.44. The Morgan fingerprint density at radius 2 is 2.21 bits per heavy atom. The molecule has 0 radical (unpaired) electrons. The Hall–Kier alpha value is -1.84. The van der Waals surface area contributed by atoms with Crippen molar-refractivity contribution in [2.75, 3.05) is 5.32 Å². The summed E-state index contributed by atoms with van der Waals surface area (Å²) in [6, 6.07) is 6.54. The number of anilines is 1. The Morgan fingerprint density at radius 3 is 3.00 bits per heavy atom. The zero-order valence-electron chi connectivity index (χ0n) is 11.3. The van der Waals surface area contributed by atoms with Gasteiger partial charge in [0.1, 0.15) is 0 Å². The second kappa shape index (κ2) is 5.43. The van der Waals surface area contributed by atoms with Gasteiger partial charge in [-0.3, -0.25) is 0 Å². The molecule has 2 atom stereocenters. The predicted octanol–water partition coefficient (Wildman–Crippen LogP) is 3.26. The number of nitrogens with zero attached hydrogens (tertiary/aromatic N) is 3. The van der Waals surface area contributed by atoms with Gasteiger partial charge in [0.05, 0.1) is 5.69 Å². The van der Waals surface area contributed by atoms with Crippen molar-refractivity contribution in [1.82, 2.24) is 14.8 Å². The fraction of sp³-hybridized carbons (Fsp3) is 0.467. The highest BCUT2D eigenvalue weighted by Crippen LogP contribution is 2.27. The molecule has 0 bridgehead atoms. The van der Waals surface area contributed by atoms with Crippen LogP contribution in [0.4, 0.5) is 5.69 Å². The fourth-order valence-electron chi connectivity index (χ4n) is 2.87. The standard InChI is InChI=1S/C15H20N4/c1-12-5-2-6-13(11-12)18-14-7-3-8-16-15(14)19-10-4-9-17-19/h3-4,7-10,12-13,18H,2,5-6,11H2,1H3. The molecule has 0 aromatic carbocycles. The smallest absolute Gasteiger partial charge is 0.176 e. The van der Waals surface area contributed by atoms with Crippen LogP contribution in [0.2, 0.25) is 0 Å². The number of rotatable bonds is 3. The van der Waals surface area contributed by atoms with Gasteiger partial charge in [0.15, 0.2) is 5.82 Å². The van der Waals surface area contributed by atoms with E-state index in [2.05, 4.69) is 28.4 Å². The summed E-state index contributed by atoms with van der Waals surface area (Å²) in [5.41, 5.74) is 1.07. The largest absolute Gasteiger partial charge is 0.379 e. The maximum atomic E-state index is 4.44. The van der Waals surface area contributed by atoms with Crippen LogP contribution < -0.4 is 5.32 Å². The number of aromatic nitrogens is 3. The van der Waals surface area contributed by atoms with E-state index in [9.17, 15) is 0 Å². The van der Waals surface area contributed by atoms with E-state index in [0.717, 1.165) is 17.4 Å². The van der Waals surface area contributed by atoms with Gasteiger partial charge in [0, 0.05) is 24.6 Å². The molecular weight excluding hydrogens is 236 g/mol. The molecule has 3 rings (SSSR count). The van der Waals surface area contributed by atoms with Crippen molar-refractivity contribution in [3.05, 3.63) is 36.8 Å². The molecule has 2 aromatic heterocycles. The van der Waals surface area contributed by atoms with E-state index >= 15 is 0 Å². The number of hydrogen-bond acceptors (Lipinski definition) is 3. The van der Waals surface area contributed by atoms with E-state index in [4.69, 9.17) is 0 Å². The van der Waals surface area contributed by atoms with E-state index in [-0.39, 0.29) is 0 Å². The summed E-state index contributed by atoms with van der Waals surface area (Å²) in [7, 11) is 0. The summed E-state index contributed by atoms with van der Waals surface area (Å²) in [5, 5.41) is 7.91. The van der Waals surface area contributed by atoms with Crippen molar-refractivity contribution < 1.29 is 0 Å². The molecule has 100 valence electrons. The molecule has 1 fully saturated rings. The number of hydrogen-bond donors (Lipinski definition) is 1. The van der Waals surface area contributed by atoms with Crippen LogP contribution in [0.1, 0.15) is 32.6 Å². The summed E-state index contributed by atoms with van der Waals surface area (Å²) in [4.78, 5) is 4.44. The number of nitrogens with one attached hydrogen (secondary N) is 1. The first kappa shape index (κ1) is 12.2. The lowest BCUT2D eigenvalue weighted by Gasteiger charge is -2.28. The second-order valence-electron chi connectivity index (χ2n) is 5.44. The van der Waals surface area contributed by atoms with Gasteiger partial charge in [-0.2, -0.15) is 5.10 Å². The van der Waals surface area contributed by atoms with E-state index in [1.807, 2.05) is 29.2 Å². The van der Waals surface area contributed by atoms with E-state index in [1.54, 1.807) is 6.20 Å². The van der Waals surface area contributed by atoms with Gasteiger partial charge in [-0.1, -0.05) is 19.8 Å². The molecule has 0 amide bonds. The van der Waals surface area contributed by atoms with Gasteiger partial charge >= 0.3 is 0 Å². The normalized spacial score (nSPS) is 23.2. The Morgan fingerprint density at radius 1 is 1.26 bits per heavy atom. The van der Waals surface area contributed by atoms with Gasteiger partial charge < -0.3 is 5.32 Å².